The van der Waals surface area contributed by atoms with Crippen molar-refractivity contribution in [1.82, 2.24) is 9.78 Å². The molecule has 0 saturated carbocycles. The van der Waals surface area contributed by atoms with Gasteiger partial charge >= 0.3 is 5.97 Å². The van der Waals surface area contributed by atoms with E-state index >= 15 is 0 Å². The van der Waals surface area contributed by atoms with Gasteiger partial charge in [0.1, 0.15) is 0 Å². The van der Waals surface area contributed by atoms with Crippen LogP contribution in [0.2, 0.25) is 0 Å². The first kappa shape index (κ1) is 19.4. The SMILES string of the molecule is CCCCc1nn2c(c1Cc1ccc(-c3ccccc3)c(C(=O)O)c1)CCCC2. The lowest BCUT2D eigenvalue weighted by atomic mass is 9.93. The van der Waals surface area contributed by atoms with Crippen LogP contribution < -0.4 is 0 Å². The molecular weight excluding hydrogens is 360 g/mol. The number of hydrogen-bond donors (Lipinski definition) is 1. The highest BCUT2D eigenvalue weighted by molar-refractivity contribution is 5.96. The zero-order chi connectivity index (χ0) is 20.2. The Hall–Kier alpha value is -2.88. The molecule has 1 aromatic heterocycles. The second-order valence-electron chi connectivity index (χ2n) is 7.88. The normalized spacial score (nSPS) is 13.3. The van der Waals surface area contributed by atoms with Gasteiger partial charge in [0.15, 0.2) is 0 Å². The molecule has 3 aromatic rings. The van der Waals surface area contributed by atoms with E-state index in [2.05, 4.69) is 17.7 Å². The fraction of sp³-hybridized carbons (Fsp3) is 0.360. The lowest BCUT2D eigenvalue weighted by Gasteiger charge is -2.15. The van der Waals surface area contributed by atoms with Gasteiger partial charge < -0.3 is 5.11 Å². The molecule has 0 atom stereocenters. The van der Waals surface area contributed by atoms with Gasteiger partial charge in [0, 0.05) is 24.2 Å². The van der Waals surface area contributed by atoms with Crippen LogP contribution in [0.15, 0.2) is 48.5 Å². The molecule has 0 bridgehead atoms. The molecule has 2 heterocycles. The predicted molar refractivity (Wildman–Crippen MR) is 115 cm³/mol. The summed E-state index contributed by atoms with van der Waals surface area (Å²) in [5.74, 6) is -0.881. The van der Waals surface area contributed by atoms with Crippen molar-refractivity contribution in [2.24, 2.45) is 0 Å². The van der Waals surface area contributed by atoms with Crippen molar-refractivity contribution in [1.29, 1.82) is 0 Å². The maximum absolute atomic E-state index is 12.0. The standard InChI is InChI=1S/C25H28N2O2/c1-2-3-11-23-22(24-12-7-8-15-27(24)26-23)17-18-13-14-20(21(16-18)25(28)29)19-9-5-4-6-10-19/h4-6,9-10,13-14,16H,2-3,7-8,11-12,15,17H2,1H3,(H,28,29). The number of benzene rings is 2. The fourth-order valence-corrected chi connectivity index (χ4v) is 4.31. The molecule has 2 aromatic carbocycles. The Labute approximate surface area is 172 Å². The van der Waals surface area contributed by atoms with E-state index in [-0.39, 0.29) is 0 Å². The molecule has 0 fully saturated rings. The largest absolute Gasteiger partial charge is 0.478 e. The average molecular weight is 389 g/mol. The molecular formula is C25H28N2O2. The lowest BCUT2D eigenvalue weighted by molar-refractivity contribution is 0.0697. The van der Waals surface area contributed by atoms with E-state index in [0.717, 1.165) is 55.3 Å². The molecule has 150 valence electrons. The summed E-state index contributed by atoms with van der Waals surface area (Å²) in [4.78, 5) is 12.0. The number of hydrogen-bond acceptors (Lipinski definition) is 2. The summed E-state index contributed by atoms with van der Waals surface area (Å²) in [6.07, 6.45) is 7.51. The zero-order valence-corrected chi connectivity index (χ0v) is 17.0. The summed E-state index contributed by atoms with van der Waals surface area (Å²) >= 11 is 0. The summed E-state index contributed by atoms with van der Waals surface area (Å²) in [6.45, 7) is 3.21. The summed E-state index contributed by atoms with van der Waals surface area (Å²) in [5.41, 5.74) is 6.99. The van der Waals surface area contributed by atoms with E-state index in [0.29, 0.717) is 5.56 Å². The summed E-state index contributed by atoms with van der Waals surface area (Å²) in [5, 5.41) is 14.7. The predicted octanol–water partition coefficient (Wildman–Crippen LogP) is 5.52. The van der Waals surface area contributed by atoms with Gasteiger partial charge in [-0.05, 0) is 54.9 Å². The molecule has 4 heteroatoms. The molecule has 1 aliphatic rings. The molecule has 0 amide bonds. The number of rotatable bonds is 7. The minimum Gasteiger partial charge on any atom is -0.478 e. The van der Waals surface area contributed by atoms with Crippen LogP contribution in [0, 0.1) is 0 Å². The van der Waals surface area contributed by atoms with Crippen molar-refractivity contribution in [3.8, 4) is 11.1 Å². The average Bonchev–Trinajstić information content (AvgIpc) is 3.10. The van der Waals surface area contributed by atoms with Crippen molar-refractivity contribution in [3.05, 3.63) is 76.6 Å². The summed E-state index contributed by atoms with van der Waals surface area (Å²) in [6, 6.07) is 15.6. The second-order valence-corrected chi connectivity index (χ2v) is 7.88. The number of nitrogens with zero attached hydrogens (tertiary/aromatic N) is 2. The van der Waals surface area contributed by atoms with Crippen LogP contribution in [-0.4, -0.2) is 20.9 Å². The Morgan fingerprint density at radius 1 is 1.14 bits per heavy atom. The molecule has 1 N–H and O–H groups in total. The van der Waals surface area contributed by atoms with Crippen LogP contribution in [0.4, 0.5) is 0 Å². The number of fused-ring (bicyclic) bond motifs is 1. The second kappa shape index (κ2) is 8.64. The Bertz CT molecular complexity index is 1010. The van der Waals surface area contributed by atoms with E-state index in [1.807, 2.05) is 42.5 Å². The fourth-order valence-electron chi connectivity index (χ4n) is 4.31. The van der Waals surface area contributed by atoms with Gasteiger partial charge in [0.2, 0.25) is 0 Å². The van der Waals surface area contributed by atoms with Gasteiger partial charge in [-0.1, -0.05) is 55.8 Å². The van der Waals surface area contributed by atoms with Gasteiger partial charge in [-0.2, -0.15) is 5.10 Å². The molecule has 0 aliphatic carbocycles. The number of unbranched alkanes of at least 4 members (excludes halogenated alkanes) is 1. The summed E-state index contributed by atoms with van der Waals surface area (Å²) < 4.78 is 2.19. The van der Waals surface area contributed by atoms with Gasteiger partial charge in [-0.15, -0.1) is 0 Å². The molecule has 0 unspecified atom stereocenters. The Morgan fingerprint density at radius 2 is 1.97 bits per heavy atom. The van der Waals surface area contributed by atoms with Crippen molar-refractivity contribution in [2.75, 3.05) is 0 Å². The first-order valence-corrected chi connectivity index (χ1v) is 10.7. The van der Waals surface area contributed by atoms with E-state index in [1.165, 1.54) is 29.8 Å². The third-order valence-electron chi connectivity index (χ3n) is 5.83. The van der Waals surface area contributed by atoms with Crippen LogP contribution in [0.25, 0.3) is 11.1 Å². The smallest absolute Gasteiger partial charge is 0.336 e. The molecule has 0 spiro atoms. The Kier molecular flexibility index (Phi) is 5.79. The van der Waals surface area contributed by atoms with Gasteiger partial charge in [-0.3, -0.25) is 4.68 Å². The summed E-state index contributed by atoms with van der Waals surface area (Å²) in [7, 11) is 0. The Balaban J connectivity index is 1.70. The molecule has 4 nitrogen and oxygen atoms in total. The number of aromatic nitrogens is 2. The van der Waals surface area contributed by atoms with Gasteiger partial charge in [0.05, 0.1) is 11.3 Å². The topological polar surface area (TPSA) is 55.1 Å². The van der Waals surface area contributed by atoms with Gasteiger partial charge in [0.25, 0.3) is 0 Å². The van der Waals surface area contributed by atoms with Crippen LogP contribution in [0.1, 0.15) is 65.5 Å². The maximum Gasteiger partial charge on any atom is 0.336 e. The molecule has 1 aliphatic heterocycles. The maximum atomic E-state index is 12.0. The minimum absolute atomic E-state index is 0.366. The zero-order valence-electron chi connectivity index (χ0n) is 17.0. The van der Waals surface area contributed by atoms with Crippen molar-refractivity contribution >= 4 is 5.97 Å². The third kappa shape index (κ3) is 4.12. The highest BCUT2D eigenvalue weighted by Crippen LogP contribution is 2.29. The third-order valence-corrected chi connectivity index (χ3v) is 5.83. The van der Waals surface area contributed by atoms with E-state index in [1.54, 1.807) is 0 Å². The van der Waals surface area contributed by atoms with Crippen LogP contribution in [0.5, 0.6) is 0 Å². The van der Waals surface area contributed by atoms with E-state index in [4.69, 9.17) is 5.10 Å². The van der Waals surface area contributed by atoms with Gasteiger partial charge in [-0.25, -0.2) is 4.79 Å². The van der Waals surface area contributed by atoms with E-state index in [9.17, 15) is 9.90 Å². The molecule has 0 radical (unpaired) electrons. The van der Waals surface area contributed by atoms with E-state index < -0.39 is 5.97 Å². The first-order chi connectivity index (χ1) is 14.2. The Morgan fingerprint density at radius 3 is 2.72 bits per heavy atom. The number of aromatic carboxylic acids is 1. The van der Waals surface area contributed by atoms with Crippen LogP contribution >= 0.6 is 0 Å². The molecule has 4 rings (SSSR count). The van der Waals surface area contributed by atoms with Crippen molar-refractivity contribution in [3.63, 3.8) is 0 Å². The monoisotopic (exact) mass is 388 g/mol. The highest BCUT2D eigenvalue weighted by atomic mass is 16.4. The number of aryl methyl sites for hydroxylation is 2. The van der Waals surface area contributed by atoms with Crippen molar-refractivity contribution in [2.45, 2.75) is 58.4 Å². The van der Waals surface area contributed by atoms with Crippen LogP contribution in [-0.2, 0) is 25.8 Å². The minimum atomic E-state index is -0.881. The molecule has 29 heavy (non-hydrogen) atoms. The number of carboxylic acids is 1. The van der Waals surface area contributed by atoms with Crippen LogP contribution in [0.3, 0.4) is 0 Å². The first-order valence-electron chi connectivity index (χ1n) is 10.7. The lowest BCUT2D eigenvalue weighted by Crippen LogP contribution is -2.12. The highest BCUT2D eigenvalue weighted by Gasteiger charge is 2.21. The van der Waals surface area contributed by atoms with Crippen molar-refractivity contribution < 1.29 is 9.90 Å². The number of carboxylic acid groups (broad SMARTS) is 1. The quantitative estimate of drug-likeness (QED) is 0.580. The molecule has 0 saturated heterocycles. The number of carbonyl (C=O) groups is 1.